The standard InChI is InChI=1S/C16H30N4OS.HI/c1-3-17-16(18-9-11-22-2)19-14-8-10-20(12-14)15(21)13-6-4-5-7-13;/h13-14H,3-12H2,1-2H3,(H2,17,18,19);1H. The third-order valence-electron chi connectivity index (χ3n) is 4.45. The summed E-state index contributed by atoms with van der Waals surface area (Å²) in [5.41, 5.74) is 0. The lowest BCUT2D eigenvalue weighted by Crippen LogP contribution is -2.45. The highest BCUT2D eigenvalue weighted by molar-refractivity contribution is 14.0. The van der Waals surface area contributed by atoms with Crippen LogP contribution in [0.15, 0.2) is 4.99 Å². The summed E-state index contributed by atoms with van der Waals surface area (Å²) < 4.78 is 0. The molecule has 1 heterocycles. The number of hydrogen-bond donors (Lipinski definition) is 2. The fraction of sp³-hybridized carbons (Fsp3) is 0.875. The largest absolute Gasteiger partial charge is 0.357 e. The molecule has 2 N–H and O–H groups in total. The minimum atomic E-state index is 0. The molecule has 134 valence electrons. The predicted molar refractivity (Wildman–Crippen MR) is 110 cm³/mol. The molecule has 1 unspecified atom stereocenters. The van der Waals surface area contributed by atoms with Gasteiger partial charge in [-0.3, -0.25) is 9.79 Å². The van der Waals surface area contributed by atoms with E-state index in [0.717, 1.165) is 57.2 Å². The van der Waals surface area contributed by atoms with Crippen LogP contribution in [0.5, 0.6) is 0 Å². The van der Waals surface area contributed by atoms with E-state index in [-0.39, 0.29) is 24.0 Å². The second kappa shape index (κ2) is 11.4. The zero-order valence-corrected chi connectivity index (χ0v) is 17.5. The lowest BCUT2D eigenvalue weighted by Gasteiger charge is -2.21. The maximum absolute atomic E-state index is 12.5. The molecule has 2 fully saturated rings. The van der Waals surface area contributed by atoms with Crippen LogP contribution in [0.25, 0.3) is 0 Å². The molecule has 0 radical (unpaired) electrons. The first-order chi connectivity index (χ1) is 10.7. The van der Waals surface area contributed by atoms with Crippen LogP contribution in [-0.4, -0.2) is 61.0 Å². The zero-order chi connectivity index (χ0) is 15.8. The molecule has 1 saturated heterocycles. The van der Waals surface area contributed by atoms with Gasteiger partial charge in [0.05, 0.1) is 6.54 Å². The summed E-state index contributed by atoms with van der Waals surface area (Å²) in [6.45, 7) is 5.48. The Morgan fingerprint density at radius 3 is 2.70 bits per heavy atom. The normalized spacial score (nSPS) is 22.1. The quantitative estimate of drug-likeness (QED) is 0.280. The van der Waals surface area contributed by atoms with Gasteiger partial charge in [0.2, 0.25) is 5.91 Å². The molecule has 1 saturated carbocycles. The van der Waals surface area contributed by atoms with Crippen LogP contribution in [-0.2, 0) is 4.79 Å². The van der Waals surface area contributed by atoms with E-state index < -0.39 is 0 Å². The van der Waals surface area contributed by atoms with E-state index in [1.807, 2.05) is 11.8 Å². The van der Waals surface area contributed by atoms with Crippen molar-refractivity contribution in [2.45, 2.75) is 45.1 Å². The van der Waals surface area contributed by atoms with Gasteiger partial charge in [-0.15, -0.1) is 24.0 Å². The Kier molecular flexibility index (Phi) is 10.3. The third kappa shape index (κ3) is 6.68. The molecule has 7 heteroatoms. The van der Waals surface area contributed by atoms with Crippen LogP contribution in [0.3, 0.4) is 0 Å². The minimum Gasteiger partial charge on any atom is -0.357 e. The van der Waals surface area contributed by atoms with Crippen LogP contribution in [0.4, 0.5) is 0 Å². The summed E-state index contributed by atoms with van der Waals surface area (Å²) in [6, 6.07) is 0.331. The van der Waals surface area contributed by atoms with Crippen LogP contribution in [0.2, 0.25) is 0 Å². The molecule has 1 aliphatic carbocycles. The van der Waals surface area contributed by atoms with Gasteiger partial charge in [-0.05, 0) is 32.4 Å². The summed E-state index contributed by atoms with van der Waals surface area (Å²) in [5.74, 6) is 2.60. The Morgan fingerprint density at radius 1 is 1.30 bits per heavy atom. The van der Waals surface area contributed by atoms with Gasteiger partial charge < -0.3 is 15.5 Å². The van der Waals surface area contributed by atoms with Crippen molar-refractivity contribution >= 4 is 47.6 Å². The number of rotatable bonds is 6. The third-order valence-corrected chi connectivity index (χ3v) is 5.05. The van der Waals surface area contributed by atoms with Crippen molar-refractivity contribution in [2.24, 2.45) is 10.9 Å². The van der Waals surface area contributed by atoms with Crippen LogP contribution < -0.4 is 10.6 Å². The highest BCUT2D eigenvalue weighted by atomic mass is 127. The van der Waals surface area contributed by atoms with E-state index in [2.05, 4.69) is 33.7 Å². The lowest BCUT2D eigenvalue weighted by atomic mass is 10.1. The van der Waals surface area contributed by atoms with E-state index in [1.54, 1.807) is 0 Å². The Bertz CT molecular complexity index is 388. The Morgan fingerprint density at radius 2 is 2.04 bits per heavy atom. The van der Waals surface area contributed by atoms with Crippen molar-refractivity contribution in [3.63, 3.8) is 0 Å². The Labute approximate surface area is 161 Å². The van der Waals surface area contributed by atoms with Gasteiger partial charge in [-0.2, -0.15) is 11.8 Å². The van der Waals surface area contributed by atoms with E-state index in [1.165, 1.54) is 12.8 Å². The number of nitrogens with one attached hydrogen (secondary N) is 2. The van der Waals surface area contributed by atoms with Crippen molar-refractivity contribution in [1.29, 1.82) is 0 Å². The predicted octanol–water partition coefficient (Wildman–Crippen LogP) is 2.31. The summed E-state index contributed by atoms with van der Waals surface area (Å²) in [7, 11) is 0. The number of halogens is 1. The molecule has 0 aromatic heterocycles. The highest BCUT2D eigenvalue weighted by Crippen LogP contribution is 2.27. The van der Waals surface area contributed by atoms with Crippen molar-refractivity contribution in [2.75, 3.05) is 38.2 Å². The Balaban J connectivity index is 0.00000264. The van der Waals surface area contributed by atoms with Gasteiger partial charge in [0, 0.05) is 37.3 Å². The van der Waals surface area contributed by atoms with Crippen molar-refractivity contribution in [1.82, 2.24) is 15.5 Å². The molecule has 2 rings (SSSR count). The average molecular weight is 454 g/mol. The Hall–Kier alpha value is -0.180. The number of nitrogens with zero attached hydrogens (tertiary/aromatic N) is 2. The van der Waals surface area contributed by atoms with Gasteiger partial charge in [0.1, 0.15) is 0 Å². The number of likely N-dealkylation sites (tertiary alicyclic amines) is 1. The topological polar surface area (TPSA) is 56.7 Å². The molecular weight excluding hydrogens is 423 g/mol. The maximum Gasteiger partial charge on any atom is 0.225 e. The van der Waals surface area contributed by atoms with Gasteiger partial charge >= 0.3 is 0 Å². The summed E-state index contributed by atoms with van der Waals surface area (Å²) >= 11 is 1.81. The molecular formula is C16H31IN4OS. The number of thioether (sulfide) groups is 1. The number of amides is 1. The van der Waals surface area contributed by atoms with Crippen LogP contribution >= 0.6 is 35.7 Å². The van der Waals surface area contributed by atoms with Gasteiger partial charge in [-0.1, -0.05) is 12.8 Å². The van der Waals surface area contributed by atoms with Crippen molar-refractivity contribution in [3.05, 3.63) is 0 Å². The number of hydrogen-bond acceptors (Lipinski definition) is 3. The smallest absolute Gasteiger partial charge is 0.225 e. The SMILES string of the molecule is CCNC(=NCCSC)NC1CCN(C(=O)C2CCCC2)C1.I. The first-order valence-corrected chi connectivity index (χ1v) is 9.96. The second-order valence-electron chi connectivity index (χ2n) is 6.15. The van der Waals surface area contributed by atoms with Crippen LogP contribution in [0.1, 0.15) is 39.0 Å². The average Bonchev–Trinajstić information content (AvgIpc) is 3.18. The van der Waals surface area contributed by atoms with Gasteiger partial charge in [0.25, 0.3) is 0 Å². The lowest BCUT2D eigenvalue weighted by molar-refractivity contribution is -0.134. The molecule has 5 nitrogen and oxygen atoms in total. The molecule has 0 spiro atoms. The van der Waals surface area contributed by atoms with E-state index in [9.17, 15) is 4.79 Å². The molecule has 0 aromatic rings. The first-order valence-electron chi connectivity index (χ1n) is 8.57. The maximum atomic E-state index is 12.5. The van der Waals surface area contributed by atoms with Gasteiger partial charge in [-0.25, -0.2) is 0 Å². The number of guanidine groups is 1. The van der Waals surface area contributed by atoms with Crippen molar-refractivity contribution < 1.29 is 4.79 Å². The fourth-order valence-corrected chi connectivity index (χ4v) is 3.55. The molecule has 1 atom stereocenters. The fourth-order valence-electron chi connectivity index (χ4n) is 3.27. The highest BCUT2D eigenvalue weighted by Gasteiger charge is 2.32. The monoisotopic (exact) mass is 454 g/mol. The summed E-state index contributed by atoms with van der Waals surface area (Å²) in [5, 5.41) is 6.78. The van der Waals surface area contributed by atoms with E-state index in [4.69, 9.17) is 0 Å². The number of aliphatic imine (C=N–C) groups is 1. The molecule has 1 amide bonds. The van der Waals surface area contributed by atoms with Crippen LogP contribution in [0, 0.1) is 5.92 Å². The summed E-state index contributed by atoms with van der Waals surface area (Å²) in [4.78, 5) is 19.1. The molecule has 0 bridgehead atoms. The second-order valence-corrected chi connectivity index (χ2v) is 7.13. The number of carbonyl (C=O) groups excluding carboxylic acids is 1. The minimum absolute atomic E-state index is 0. The van der Waals surface area contributed by atoms with E-state index in [0.29, 0.717) is 17.9 Å². The van der Waals surface area contributed by atoms with Crippen molar-refractivity contribution in [3.8, 4) is 0 Å². The molecule has 0 aromatic carbocycles. The number of carbonyl (C=O) groups is 1. The zero-order valence-electron chi connectivity index (χ0n) is 14.3. The molecule has 2 aliphatic rings. The summed E-state index contributed by atoms with van der Waals surface area (Å²) in [6.07, 6.45) is 7.74. The first kappa shape index (κ1) is 20.9. The molecule has 23 heavy (non-hydrogen) atoms. The van der Waals surface area contributed by atoms with E-state index >= 15 is 0 Å². The molecule has 1 aliphatic heterocycles. The van der Waals surface area contributed by atoms with Gasteiger partial charge in [0.15, 0.2) is 5.96 Å².